The second-order valence-corrected chi connectivity index (χ2v) is 6.48. The highest BCUT2D eigenvalue weighted by atomic mass is 35.5. The lowest BCUT2D eigenvalue weighted by molar-refractivity contribution is -0.137. The van der Waals surface area contributed by atoms with Crippen molar-refractivity contribution in [2.75, 3.05) is 0 Å². The van der Waals surface area contributed by atoms with Gasteiger partial charge in [-0.1, -0.05) is 29.8 Å². The molecule has 154 valence electrons. The summed E-state index contributed by atoms with van der Waals surface area (Å²) in [6.45, 7) is 0. The number of hydrogen-bond acceptors (Lipinski definition) is 3. The molecular weight excluding hydrogens is 423 g/mol. The Morgan fingerprint density at radius 1 is 1.03 bits per heavy atom. The van der Waals surface area contributed by atoms with Crippen molar-refractivity contribution in [3.63, 3.8) is 0 Å². The molecule has 2 N–H and O–H groups in total. The van der Waals surface area contributed by atoms with Crippen LogP contribution >= 0.6 is 11.6 Å². The van der Waals surface area contributed by atoms with Crippen LogP contribution < -0.4 is 5.32 Å². The monoisotopic (exact) mass is 435 g/mol. The summed E-state index contributed by atoms with van der Waals surface area (Å²) in [6.07, 6.45) is -3.45. The van der Waals surface area contributed by atoms with Gasteiger partial charge in [-0.2, -0.15) is 13.2 Å². The number of carbonyl (C=O) groups excluding carboxylic acids is 1. The van der Waals surface area contributed by atoms with Crippen molar-refractivity contribution in [3.8, 4) is 11.3 Å². The van der Waals surface area contributed by atoms with Gasteiger partial charge in [0.05, 0.1) is 10.6 Å². The highest BCUT2D eigenvalue weighted by Gasteiger charge is 2.31. The van der Waals surface area contributed by atoms with Gasteiger partial charge in [0.15, 0.2) is 0 Å². The van der Waals surface area contributed by atoms with Crippen LogP contribution in [0.2, 0.25) is 5.02 Å². The molecule has 0 saturated heterocycles. The van der Waals surface area contributed by atoms with E-state index in [2.05, 4.69) is 5.32 Å². The molecule has 30 heavy (non-hydrogen) atoms. The van der Waals surface area contributed by atoms with Crippen LogP contribution in [0.15, 0.2) is 70.8 Å². The molecule has 0 radical (unpaired) electrons. The van der Waals surface area contributed by atoms with E-state index >= 15 is 0 Å². The minimum Gasteiger partial charge on any atom is -0.477 e. The van der Waals surface area contributed by atoms with Crippen LogP contribution in [-0.2, 0) is 11.0 Å². The van der Waals surface area contributed by atoms with Crippen molar-refractivity contribution in [3.05, 3.63) is 88.3 Å². The van der Waals surface area contributed by atoms with E-state index in [0.717, 1.165) is 24.3 Å². The van der Waals surface area contributed by atoms with Gasteiger partial charge >= 0.3 is 12.1 Å². The molecule has 2 aromatic carbocycles. The summed E-state index contributed by atoms with van der Waals surface area (Å²) in [7, 11) is 0. The van der Waals surface area contributed by atoms with Crippen LogP contribution in [0.5, 0.6) is 0 Å². The Labute approximate surface area is 173 Å². The molecule has 9 heteroatoms. The molecule has 1 aromatic heterocycles. The highest BCUT2D eigenvalue weighted by Crippen LogP contribution is 2.36. The molecule has 0 aliphatic carbocycles. The Morgan fingerprint density at radius 3 is 2.33 bits per heavy atom. The van der Waals surface area contributed by atoms with E-state index in [0.29, 0.717) is 0 Å². The second kappa shape index (κ2) is 8.46. The summed E-state index contributed by atoms with van der Waals surface area (Å²) < 4.78 is 43.8. The predicted molar refractivity (Wildman–Crippen MR) is 104 cm³/mol. The van der Waals surface area contributed by atoms with E-state index in [1.807, 2.05) is 0 Å². The maximum atomic E-state index is 12.8. The molecule has 3 rings (SSSR count). The summed E-state index contributed by atoms with van der Waals surface area (Å²) in [6, 6.07) is 13.6. The number of alkyl halides is 3. The first kappa shape index (κ1) is 21.2. The first-order chi connectivity index (χ1) is 14.1. The number of amides is 1. The molecule has 0 bridgehead atoms. The van der Waals surface area contributed by atoms with E-state index in [1.54, 1.807) is 18.2 Å². The van der Waals surface area contributed by atoms with Crippen LogP contribution in [0.1, 0.15) is 21.7 Å². The third kappa shape index (κ3) is 4.90. The fourth-order valence-corrected chi connectivity index (χ4v) is 2.82. The SMILES string of the molecule is O=C(O)C(=Cc1ccc(-c2ccc(C(F)(F)F)cc2Cl)o1)NC(=O)c1ccccc1. The number of aliphatic carboxylic acids is 1. The maximum absolute atomic E-state index is 12.8. The summed E-state index contributed by atoms with van der Waals surface area (Å²) in [5.74, 6) is -1.82. The number of carboxylic acid groups (broad SMARTS) is 1. The number of carbonyl (C=O) groups is 2. The van der Waals surface area contributed by atoms with Gasteiger partial charge in [-0.3, -0.25) is 4.79 Å². The largest absolute Gasteiger partial charge is 0.477 e. The van der Waals surface area contributed by atoms with Gasteiger partial charge in [-0.05, 0) is 42.5 Å². The maximum Gasteiger partial charge on any atom is 0.416 e. The number of hydrogen-bond donors (Lipinski definition) is 2. The molecule has 0 unspecified atom stereocenters. The lowest BCUT2D eigenvalue weighted by Gasteiger charge is -2.08. The third-order valence-electron chi connectivity index (χ3n) is 3.99. The van der Waals surface area contributed by atoms with E-state index in [9.17, 15) is 27.9 Å². The Morgan fingerprint density at radius 2 is 1.73 bits per heavy atom. The standard InChI is InChI=1S/C21H13ClF3NO4/c22-16-10-13(21(23,24)25)6-8-15(16)18-9-7-14(30-18)11-17(20(28)29)26-19(27)12-4-2-1-3-5-12/h1-11H,(H,26,27)(H,28,29). The summed E-state index contributed by atoms with van der Waals surface area (Å²) in [5.41, 5.74) is -0.876. The second-order valence-electron chi connectivity index (χ2n) is 6.08. The van der Waals surface area contributed by atoms with Gasteiger partial charge in [0.2, 0.25) is 0 Å². The van der Waals surface area contributed by atoms with Crippen LogP contribution in [0, 0.1) is 0 Å². The normalized spacial score (nSPS) is 11.9. The van der Waals surface area contributed by atoms with E-state index in [4.69, 9.17) is 16.0 Å². The first-order valence-corrected chi connectivity index (χ1v) is 8.81. The smallest absolute Gasteiger partial charge is 0.416 e. The third-order valence-corrected chi connectivity index (χ3v) is 4.30. The number of halogens is 4. The van der Waals surface area contributed by atoms with E-state index in [1.165, 1.54) is 24.3 Å². The molecule has 0 spiro atoms. The molecular formula is C21H13ClF3NO4. The minimum absolute atomic E-state index is 0.0618. The van der Waals surface area contributed by atoms with Crippen LogP contribution in [-0.4, -0.2) is 17.0 Å². The molecule has 1 amide bonds. The Bertz CT molecular complexity index is 1120. The number of benzene rings is 2. The van der Waals surface area contributed by atoms with Crippen molar-refractivity contribution >= 4 is 29.6 Å². The van der Waals surface area contributed by atoms with E-state index in [-0.39, 0.29) is 27.7 Å². The molecule has 0 saturated carbocycles. The highest BCUT2D eigenvalue weighted by molar-refractivity contribution is 6.33. The number of carboxylic acids is 1. The predicted octanol–water partition coefficient (Wildman–Crippen LogP) is 5.47. The topological polar surface area (TPSA) is 79.5 Å². The van der Waals surface area contributed by atoms with E-state index < -0.39 is 29.3 Å². The Hall–Kier alpha value is -3.52. The average Bonchev–Trinajstić information content (AvgIpc) is 3.15. The van der Waals surface area contributed by atoms with Crippen molar-refractivity contribution < 1.29 is 32.3 Å². The van der Waals surface area contributed by atoms with Crippen molar-refractivity contribution in [2.24, 2.45) is 0 Å². The Kier molecular flexibility index (Phi) is 5.98. The van der Waals surface area contributed by atoms with Gasteiger partial charge in [-0.25, -0.2) is 4.79 Å². The van der Waals surface area contributed by atoms with Gasteiger partial charge in [0.25, 0.3) is 5.91 Å². The first-order valence-electron chi connectivity index (χ1n) is 8.43. The van der Waals surface area contributed by atoms with Crippen LogP contribution in [0.25, 0.3) is 17.4 Å². The summed E-state index contributed by atoms with van der Waals surface area (Å²) >= 11 is 5.95. The lowest BCUT2D eigenvalue weighted by Crippen LogP contribution is -2.27. The fraction of sp³-hybridized carbons (Fsp3) is 0.0476. The zero-order valence-corrected chi connectivity index (χ0v) is 15.8. The van der Waals surface area contributed by atoms with Crippen molar-refractivity contribution in [1.82, 2.24) is 5.32 Å². The van der Waals surface area contributed by atoms with Gasteiger partial charge < -0.3 is 14.8 Å². The van der Waals surface area contributed by atoms with Crippen LogP contribution in [0.3, 0.4) is 0 Å². The summed E-state index contributed by atoms with van der Waals surface area (Å²) in [5, 5.41) is 11.5. The number of rotatable bonds is 5. The number of furan rings is 1. The fourth-order valence-electron chi connectivity index (χ4n) is 2.54. The zero-order valence-electron chi connectivity index (χ0n) is 15.0. The van der Waals surface area contributed by atoms with Gasteiger partial charge in [0.1, 0.15) is 17.2 Å². The molecule has 0 fully saturated rings. The minimum atomic E-state index is -4.54. The number of nitrogens with one attached hydrogen (secondary N) is 1. The quantitative estimate of drug-likeness (QED) is 0.520. The van der Waals surface area contributed by atoms with Crippen molar-refractivity contribution in [2.45, 2.75) is 6.18 Å². The average molecular weight is 436 g/mol. The Balaban J connectivity index is 1.86. The van der Waals surface area contributed by atoms with Crippen molar-refractivity contribution in [1.29, 1.82) is 0 Å². The van der Waals surface area contributed by atoms with Gasteiger partial charge in [-0.15, -0.1) is 0 Å². The summed E-state index contributed by atoms with van der Waals surface area (Å²) in [4.78, 5) is 23.7. The lowest BCUT2D eigenvalue weighted by atomic mass is 10.1. The van der Waals surface area contributed by atoms with Gasteiger partial charge in [0, 0.05) is 17.2 Å². The molecule has 0 aliphatic heterocycles. The molecule has 0 aliphatic rings. The molecule has 3 aromatic rings. The zero-order chi connectivity index (χ0) is 21.9. The molecule has 0 atom stereocenters. The molecule has 1 heterocycles. The van der Waals surface area contributed by atoms with Crippen LogP contribution in [0.4, 0.5) is 13.2 Å². The molecule has 5 nitrogen and oxygen atoms in total.